The molecule has 1 heterocycles. The molecule has 0 amide bonds. The first kappa shape index (κ1) is 10.3. The van der Waals surface area contributed by atoms with E-state index in [1.807, 2.05) is 12.1 Å². The summed E-state index contributed by atoms with van der Waals surface area (Å²) in [6.07, 6.45) is 4.78. The lowest BCUT2D eigenvalue weighted by Crippen LogP contribution is -2.40. The molecule has 2 bridgehead atoms. The quantitative estimate of drug-likeness (QED) is 0.806. The maximum atomic E-state index is 13.6. The lowest BCUT2D eigenvalue weighted by Gasteiger charge is -2.34. The molecule has 0 aromatic heterocycles. The summed E-state index contributed by atoms with van der Waals surface area (Å²) in [7, 11) is 0. The Bertz CT molecular complexity index is 386. The molecule has 1 nitrogen and oxygen atoms in total. The zero-order valence-corrected chi connectivity index (χ0v) is 9.51. The van der Waals surface area contributed by atoms with Crippen molar-refractivity contribution in [3.05, 3.63) is 35.6 Å². The van der Waals surface area contributed by atoms with Gasteiger partial charge in [0.2, 0.25) is 0 Å². The highest BCUT2D eigenvalue weighted by atomic mass is 19.1. The van der Waals surface area contributed by atoms with Crippen molar-refractivity contribution in [2.75, 3.05) is 13.1 Å². The van der Waals surface area contributed by atoms with Crippen molar-refractivity contribution in [3.63, 3.8) is 0 Å². The molecule has 1 aliphatic heterocycles. The molecule has 2 atom stereocenters. The minimum atomic E-state index is -0.0362. The highest BCUT2D eigenvalue weighted by Crippen LogP contribution is 2.46. The van der Waals surface area contributed by atoms with Crippen molar-refractivity contribution in [3.8, 4) is 0 Å². The topological polar surface area (TPSA) is 12.0 Å². The SMILES string of the molecule is Fc1ccccc1CC12CCC(CNC1)C2. The van der Waals surface area contributed by atoms with E-state index in [4.69, 9.17) is 0 Å². The van der Waals surface area contributed by atoms with Crippen molar-refractivity contribution in [2.45, 2.75) is 25.7 Å². The summed E-state index contributed by atoms with van der Waals surface area (Å²) in [5.41, 5.74) is 1.23. The second-order valence-electron chi connectivity index (χ2n) is 5.51. The van der Waals surface area contributed by atoms with Gasteiger partial charge in [-0.05, 0) is 55.2 Å². The van der Waals surface area contributed by atoms with Crippen LogP contribution < -0.4 is 5.32 Å². The van der Waals surface area contributed by atoms with Crippen LogP contribution in [0.5, 0.6) is 0 Å². The average Bonchev–Trinajstić information content (AvgIpc) is 2.58. The van der Waals surface area contributed by atoms with Gasteiger partial charge in [0.15, 0.2) is 0 Å². The Morgan fingerprint density at radius 1 is 1.38 bits per heavy atom. The molecular weight excluding hydrogens is 201 g/mol. The van der Waals surface area contributed by atoms with Crippen molar-refractivity contribution in [2.24, 2.45) is 11.3 Å². The van der Waals surface area contributed by atoms with E-state index in [0.717, 1.165) is 24.4 Å². The van der Waals surface area contributed by atoms with Gasteiger partial charge in [-0.1, -0.05) is 18.2 Å². The van der Waals surface area contributed by atoms with E-state index >= 15 is 0 Å². The van der Waals surface area contributed by atoms with Crippen LogP contribution in [-0.4, -0.2) is 13.1 Å². The second kappa shape index (κ2) is 3.85. The molecule has 86 valence electrons. The van der Waals surface area contributed by atoms with Crippen molar-refractivity contribution in [1.82, 2.24) is 5.32 Å². The van der Waals surface area contributed by atoms with Crippen LogP contribution >= 0.6 is 0 Å². The van der Waals surface area contributed by atoms with Crippen molar-refractivity contribution in [1.29, 1.82) is 0 Å². The molecule has 1 aliphatic carbocycles. The Morgan fingerprint density at radius 3 is 3.12 bits per heavy atom. The summed E-state index contributed by atoms with van der Waals surface area (Å²) >= 11 is 0. The Balaban J connectivity index is 1.82. The highest BCUT2D eigenvalue weighted by Gasteiger charge is 2.42. The van der Waals surface area contributed by atoms with Gasteiger partial charge in [0.25, 0.3) is 0 Å². The summed E-state index contributed by atoms with van der Waals surface area (Å²) in [5, 5.41) is 3.50. The van der Waals surface area contributed by atoms with Crippen LogP contribution in [0.2, 0.25) is 0 Å². The van der Waals surface area contributed by atoms with E-state index in [1.54, 1.807) is 12.1 Å². The summed E-state index contributed by atoms with van der Waals surface area (Å²) < 4.78 is 13.6. The fourth-order valence-corrected chi connectivity index (χ4v) is 3.47. The van der Waals surface area contributed by atoms with Crippen LogP contribution in [0.25, 0.3) is 0 Å². The van der Waals surface area contributed by atoms with E-state index in [2.05, 4.69) is 5.32 Å². The molecule has 3 rings (SSSR count). The average molecular weight is 219 g/mol. The zero-order valence-electron chi connectivity index (χ0n) is 9.51. The number of hydrogen-bond donors (Lipinski definition) is 1. The highest BCUT2D eigenvalue weighted by molar-refractivity contribution is 5.20. The van der Waals surface area contributed by atoms with Crippen molar-refractivity contribution < 1.29 is 4.39 Å². The van der Waals surface area contributed by atoms with Gasteiger partial charge < -0.3 is 5.32 Å². The van der Waals surface area contributed by atoms with Gasteiger partial charge in [-0.3, -0.25) is 0 Å². The predicted molar refractivity (Wildman–Crippen MR) is 62.7 cm³/mol. The minimum absolute atomic E-state index is 0.0362. The fraction of sp³-hybridized carbons (Fsp3) is 0.571. The van der Waals surface area contributed by atoms with E-state index in [1.165, 1.54) is 25.8 Å². The summed E-state index contributed by atoms with van der Waals surface area (Å²) in [5.74, 6) is 0.798. The molecule has 2 heteroatoms. The number of fused-ring (bicyclic) bond motifs is 2. The molecule has 0 spiro atoms. The van der Waals surface area contributed by atoms with E-state index in [-0.39, 0.29) is 5.82 Å². The molecule has 2 fully saturated rings. The van der Waals surface area contributed by atoms with Gasteiger partial charge in [-0.25, -0.2) is 4.39 Å². The Morgan fingerprint density at radius 2 is 2.25 bits per heavy atom. The molecule has 2 unspecified atom stereocenters. The van der Waals surface area contributed by atoms with Gasteiger partial charge in [-0.15, -0.1) is 0 Å². The van der Waals surface area contributed by atoms with Gasteiger partial charge in [0, 0.05) is 6.54 Å². The standard InChI is InChI=1S/C14H18FN/c15-13-4-2-1-3-12(13)8-14-6-5-11(7-14)9-16-10-14/h1-4,11,16H,5-10H2. The number of benzene rings is 1. The zero-order chi connectivity index (χ0) is 11.0. The lowest BCUT2D eigenvalue weighted by molar-refractivity contribution is 0.227. The molecule has 1 N–H and O–H groups in total. The van der Waals surface area contributed by atoms with Crippen LogP contribution in [0, 0.1) is 17.2 Å². The van der Waals surface area contributed by atoms with Crippen LogP contribution in [-0.2, 0) is 6.42 Å². The van der Waals surface area contributed by atoms with Crippen LogP contribution in [0.15, 0.2) is 24.3 Å². The van der Waals surface area contributed by atoms with E-state index < -0.39 is 0 Å². The van der Waals surface area contributed by atoms with Crippen LogP contribution in [0.4, 0.5) is 4.39 Å². The summed E-state index contributed by atoms with van der Waals surface area (Å²) in [4.78, 5) is 0. The van der Waals surface area contributed by atoms with E-state index in [9.17, 15) is 4.39 Å². The van der Waals surface area contributed by atoms with Crippen molar-refractivity contribution >= 4 is 0 Å². The molecular formula is C14H18FN. The van der Waals surface area contributed by atoms with Gasteiger partial charge >= 0.3 is 0 Å². The Hall–Kier alpha value is -0.890. The largest absolute Gasteiger partial charge is 0.316 e. The number of nitrogens with one attached hydrogen (secondary N) is 1. The molecule has 0 radical (unpaired) electrons. The molecule has 2 aliphatic rings. The minimum Gasteiger partial charge on any atom is -0.316 e. The Labute approximate surface area is 96.1 Å². The fourth-order valence-electron chi connectivity index (χ4n) is 3.47. The monoisotopic (exact) mass is 219 g/mol. The number of piperidine rings is 1. The molecule has 1 aromatic rings. The van der Waals surface area contributed by atoms with Crippen LogP contribution in [0.3, 0.4) is 0 Å². The molecule has 1 aromatic carbocycles. The summed E-state index contributed by atoms with van der Waals surface area (Å²) in [6, 6.07) is 7.23. The normalized spacial score (nSPS) is 32.9. The molecule has 1 saturated heterocycles. The third-order valence-electron chi connectivity index (χ3n) is 4.26. The predicted octanol–water partition coefficient (Wildman–Crippen LogP) is 2.76. The van der Waals surface area contributed by atoms with Gasteiger partial charge in [0.1, 0.15) is 5.82 Å². The number of halogens is 1. The van der Waals surface area contributed by atoms with Crippen LogP contribution in [0.1, 0.15) is 24.8 Å². The first-order chi connectivity index (χ1) is 7.77. The lowest BCUT2D eigenvalue weighted by atomic mass is 9.77. The maximum Gasteiger partial charge on any atom is 0.126 e. The maximum absolute atomic E-state index is 13.6. The molecule has 1 saturated carbocycles. The Kier molecular flexibility index (Phi) is 2.47. The van der Waals surface area contributed by atoms with E-state index in [0.29, 0.717) is 5.41 Å². The third kappa shape index (κ3) is 1.75. The number of rotatable bonds is 2. The number of hydrogen-bond acceptors (Lipinski definition) is 1. The smallest absolute Gasteiger partial charge is 0.126 e. The second-order valence-corrected chi connectivity index (χ2v) is 5.51. The third-order valence-corrected chi connectivity index (χ3v) is 4.26. The molecule has 16 heavy (non-hydrogen) atoms. The van der Waals surface area contributed by atoms with Gasteiger partial charge in [0.05, 0.1) is 0 Å². The van der Waals surface area contributed by atoms with Gasteiger partial charge in [-0.2, -0.15) is 0 Å². The first-order valence-electron chi connectivity index (χ1n) is 6.22. The summed E-state index contributed by atoms with van der Waals surface area (Å²) in [6.45, 7) is 2.23. The first-order valence-corrected chi connectivity index (χ1v) is 6.22.